The van der Waals surface area contributed by atoms with Gasteiger partial charge >= 0.3 is 6.09 Å². The lowest BCUT2D eigenvalue weighted by molar-refractivity contribution is 0.0995. The maximum Gasteiger partial charge on any atom is 0.415 e. The Hall–Kier alpha value is -2.65. The zero-order chi connectivity index (χ0) is 20.1. The standard InChI is InChI=1S/C21H23N5O3.H2S/c1-12-11-29-21(28)26(12)19-5-3-4-18(24-19)25-10-15-14(20(25)27)8-16(13-6-7-13)23-17(15)9-22-2;/h3-5,8,12-13,22H,6-7,9-11H2,1-2H3;1H2/t12-;/m0./s1. The van der Waals surface area contributed by atoms with E-state index >= 15 is 0 Å². The summed E-state index contributed by atoms with van der Waals surface area (Å²) in [7, 11) is 1.88. The van der Waals surface area contributed by atoms with Gasteiger partial charge < -0.3 is 10.1 Å². The largest absolute Gasteiger partial charge is 0.447 e. The lowest BCUT2D eigenvalue weighted by atomic mass is 10.1. The number of nitrogens with zero attached hydrogens (tertiary/aromatic N) is 4. The molecule has 3 aliphatic rings. The molecule has 0 bridgehead atoms. The molecule has 0 aromatic carbocycles. The minimum absolute atomic E-state index is 0. The molecule has 0 radical (unpaired) electrons. The summed E-state index contributed by atoms with van der Waals surface area (Å²) in [6, 6.07) is 7.24. The van der Waals surface area contributed by atoms with Crippen LogP contribution in [0.4, 0.5) is 16.4 Å². The number of nitrogens with one attached hydrogen (secondary N) is 1. The maximum atomic E-state index is 13.2. The molecule has 9 heteroatoms. The Balaban J connectivity index is 0.00000218. The van der Waals surface area contributed by atoms with Crippen LogP contribution < -0.4 is 15.1 Å². The molecule has 2 fully saturated rings. The molecule has 0 spiro atoms. The Morgan fingerprint density at radius 1 is 1.20 bits per heavy atom. The first kappa shape index (κ1) is 20.6. The van der Waals surface area contributed by atoms with E-state index in [0.717, 1.165) is 29.8 Å². The molecule has 30 heavy (non-hydrogen) atoms. The Morgan fingerprint density at radius 2 is 1.97 bits per heavy atom. The van der Waals surface area contributed by atoms with Gasteiger partial charge in [0.05, 0.1) is 18.3 Å². The Labute approximate surface area is 182 Å². The summed E-state index contributed by atoms with van der Waals surface area (Å²) in [5.74, 6) is 1.43. The summed E-state index contributed by atoms with van der Waals surface area (Å²) < 4.78 is 5.10. The lowest BCUT2D eigenvalue weighted by Crippen LogP contribution is -2.32. The van der Waals surface area contributed by atoms with Gasteiger partial charge in [0.2, 0.25) is 0 Å². The van der Waals surface area contributed by atoms with Gasteiger partial charge in [-0.1, -0.05) is 6.07 Å². The first-order valence-electron chi connectivity index (χ1n) is 9.99. The molecule has 1 saturated heterocycles. The predicted molar refractivity (Wildman–Crippen MR) is 117 cm³/mol. The first-order chi connectivity index (χ1) is 14.1. The van der Waals surface area contributed by atoms with E-state index in [0.29, 0.717) is 42.8 Å². The third-order valence-corrected chi connectivity index (χ3v) is 5.69. The molecule has 5 rings (SSSR count). The maximum absolute atomic E-state index is 13.2. The minimum atomic E-state index is -0.409. The second-order valence-electron chi connectivity index (χ2n) is 7.87. The predicted octanol–water partition coefficient (Wildman–Crippen LogP) is 2.69. The normalized spacial score (nSPS) is 20.3. The van der Waals surface area contributed by atoms with Gasteiger partial charge in [0.25, 0.3) is 5.91 Å². The fourth-order valence-corrected chi connectivity index (χ4v) is 4.01. The van der Waals surface area contributed by atoms with Crippen LogP contribution in [0.2, 0.25) is 0 Å². The molecule has 2 aromatic rings. The number of pyridine rings is 2. The van der Waals surface area contributed by atoms with Crippen LogP contribution in [0.25, 0.3) is 0 Å². The summed E-state index contributed by atoms with van der Waals surface area (Å²) in [5.41, 5.74) is 3.61. The van der Waals surface area contributed by atoms with E-state index in [1.807, 2.05) is 26.1 Å². The first-order valence-corrected chi connectivity index (χ1v) is 9.99. The Bertz CT molecular complexity index is 1010. The van der Waals surface area contributed by atoms with Crippen LogP contribution in [0.1, 0.15) is 53.0 Å². The number of anilines is 2. The summed E-state index contributed by atoms with van der Waals surface area (Å²) in [5, 5.41) is 3.16. The highest BCUT2D eigenvalue weighted by Crippen LogP contribution is 2.41. The van der Waals surface area contributed by atoms with E-state index in [1.165, 1.54) is 4.90 Å². The fraction of sp³-hybridized carbons (Fsp3) is 0.429. The minimum Gasteiger partial charge on any atom is -0.447 e. The molecular formula is C21H25N5O3S. The second-order valence-corrected chi connectivity index (χ2v) is 7.87. The summed E-state index contributed by atoms with van der Waals surface area (Å²) in [6.45, 7) is 3.29. The average Bonchev–Trinajstić information content (AvgIpc) is 3.44. The van der Waals surface area contributed by atoms with Gasteiger partial charge in [-0.2, -0.15) is 13.5 Å². The van der Waals surface area contributed by atoms with Crippen LogP contribution >= 0.6 is 13.5 Å². The van der Waals surface area contributed by atoms with Gasteiger partial charge in [0, 0.05) is 29.3 Å². The van der Waals surface area contributed by atoms with Crippen LogP contribution in [0.5, 0.6) is 0 Å². The van der Waals surface area contributed by atoms with Crippen molar-refractivity contribution in [3.63, 3.8) is 0 Å². The van der Waals surface area contributed by atoms with Crippen molar-refractivity contribution < 1.29 is 14.3 Å². The van der Waals surface area contributed by atoms with Gasteiger partial charge in [-0.05, 0) is 45.0 Å². The Morgan fingerprint density at radius 3 is 2.63 bits per heavy atom. The molecule has 1 atom stereocenters. The molecule has 1 aliphatic carbocycles. The number of aromatic nitrogens is 2. The van der Waals surface area contributed by atoms with Gasteiger partial charge in [0.15, 0.2) is 0 Å². The van der Waals surface area contributed by atoms with Crippen molar-refractivity contribution in [2.75, 3.05) is 23.5 Å². The van der Waals surface area contributed by atoms with Crippen molar-refractivity contribution in [1.29, 1.82) is 0 Å². The molecule has 0 unspecified atom stereocenters. The number of hydrogen-bond donors (Lipinski definition) is 1. The average molecular weight is 428 g/mol. The van der Waals surface area contributed by atoms with Crippen molar-refractivity contribution in [2.24, 2.45) is 0 Å². The van der Waals surface area contributed by atoms with Crippen LogP contribution in [0.15, 0.2) is 24.3 Å². The zero-order valence-electron chi connectivity index (χ0n) is 17.0. The highest BCUT2D eigenvalue weighted by Gasteiger charge is 2.36. The summed E-state index contributed by atoms with van der Waals surface area (Å²) in [4.78, 5) is 37.9. The van der Waals surface area contributed by atoms with Crippen molar-refractivity contribution >= 4 is 37.1 Å². The molecule has 1 saturated carbocycles. The van der Waals surface area contributed by atoms with Crippen LogP contribution in [-0.2, 0) is 17.8 Å². The fourth-order valence-electron chi connectivity index (χ4n) is 4.01. The van der Waals surface area contributed by atoms with Crippen molar-refractivity contribution in [1.82, 2.24) is 15.3 Å². The van der Waals surface area contributed by atoms with Gasteiger partial charge in [-0.15, -0.1) is 0 Å². The smallest absolute Gasteiger partial charge is 0.415 e. The third kappa shape index (κ3) is 3.41. The molecule has 2 aromatic heterocycles. The topological polar surface area (TPSA) is 87.7 Å². The second kappa shape index (κ2) is 7.88. The van der Waals surface area contributed by atoms with Gasteiger partial charge in [-0.25, -0.2) is 9.78 Å². The summed E-state index contributed by atoms with van der Waals surface area (Å²) >= 11 is 0. The third-order valence-electron chi connectivity index (χ3n) is 5.69. The number of cyclic esters (lactones) is 1. The summed E-state index contributed by atoms with van der Waals surface area (Å²) in [6.07, 6.45) is 1.86. The van der Waals surface area contributed by atoms with Gasteiger partial charge in [0.1, 0.15) is 18.2 Å². The Kier molecular flexibility index (Phi) is 5.42. The molecule has 8 nitrogen and oxygen atoms in total. The molecule has 4 heterocycles. The monoisotopic (exact) mass is 427 g/mol. The lowest BCUT2D eigenvalue weighted by Gasteiger charge is -2.20. The van der Waals surface area contributed by atoms with E-state index in [-0.39, 0.29) is 25.4 Å². The highest BCUT2D eigenvalue weighted by molar-refractivity contribution is 7.59. The van der Waals surface area contributed by atoms with E-state index in [1.54, 1.807) is 17.0 Å². The van der Waals surface area contributed by atoms with Crippen LogP contribution in [-0.4, -0.2) is 41.7 Å². The van der Waals surface area contributed by atoms with E-state index in [2.05, 4.69) is 10.3 Å². The number of hydrogen-bond acceptors (Lipinski definition) is 6. The SMILES string of the molecule is CNCc1nc(C2CC2)cc2c1CN(c1cccc(N3C(=O)OC[C@@H]3C)n1)C2=O.S. The number of amides is 2. The quantitative estimate of drug-likeness (QED) is 0.789. The highest BCUT2D eigenvalue weighted by atomic mass is 32.1. The van der Waals surface area contributed by atoms with Crippen molar-refractivity contribution in [2.45, 2.75) is 44.8 Å². The van der Waals surface area contributed by atoms with Crippen molar-refractivity contribution in [3.05, 3.63) is 46.8 Å². The molecule has 1 N–H and O–H groups in total. The van der Waals surface area contributed by atoms with Crippen LogP contribution in [0, 0.1) is 0 Å². The van der Waals surface area contributed by atoms with E-state index < -0.39 is 6.09 Å². The van der Waals surface area contributed by atoms with E-state index in [9.17, 15) is 9.59 Å². The molecule has 2 amide bonds. The molecule has 158 valence electrons. The van der Waals surface area contributed by atoms with Crippen molar-refractivity contribution in [3.8, 4) is 0 Å². The molecular weight excluding hydrogens is 402 g/mol. The number of rotatable bonds is 5. The zero-order valence-corrected chi connectivity index (χ0v) is 18.0. The number of carbonyl (C=O) groups excluding carboxylic acids is 2. The van der Waals surface area contributed by atoms with Crippen LogP contribution in [0.3, 0.4) is 0 Å². The number of carbonyl (C=O) groups is 2. The van der Waals surface area contributed by atoms with E-state index in [4.69, 9.17) is 9.72 Å². The van der Waals surface area contributed by atoms with Gasteiger partial charge in [-0.3, -0.25) is 19.6 Å². The number of ether oxygens (including phenoxy) is 1. The molecule has 2 aliphatic heterocycles. The number of fused-ring (bicyclic) bond motifs is 1.